The molecule has 0 aromatic carbocycles. The Morgan fingerprint density at radius 1 is 0.800 bits per heavy atom. The first-order chi connectivity index (χ1) is 11.3. The number of carbonyl (C=O) groups excluding carboxylic acids is 2. The minimum absolute atomic E-state index is 0.356. The van der Waals surface area contributed by atoms with Crippen molar-refractivity contribution in [2.24, 2.45) is 11.5 Å². The smallest absolute Gasteiger partial charge is 0.404 e. The van der Waals surface area contributed by atoms with E-state index in [1.807, 2.05) is 0 Å². The van der Waals surface area contributed by atoms with E-state index in [0.29, 0.717) is 13.2 Å². The van der Waals surface area contributed by atoms with E-state index in [-0.39, 0.29) is 0 Å². The largest absolute Gasteiger partial charge is 0.481 e. The maximum atomic E-state index is 10.3. The molecule has 13 nitrogen and oxygen atoms in total. The molecule has 25 heavy (non-hydrogen) atoms. The second kappa shape index (κ2) is 14.5. The van der Waals surface area contributed by atoms with Crippen molar-refractivity contribution in [1.82, 2.24) is 0 Å². The number of carboxylic acids is 3. The predicted molar refractivity (Wildman–Crippen MR) is 79.5 cm³/mol. The number of amides is 2. The summed E-state index contributed by atoms with van der Waals surface area (Å²) in [5.41, 5.74) is 6.35. The van der Waals surface area contributed by atoms with Crippen LogP contribution < -0.4 is 11.5 Å². The van der Waals surface area contributed by atoms with Gasteiger partial charge < -0.3 is 41.4 Å². The maximum Gasteiger partial charge on any atom is 0.404 e. The van der Waals surface area contributed by atoms with Gasteiger partial charge in [0, 0.05) is 0 Å². The van der Waals surface area contributed by atoms with Gasteiger partial charge in [-0.05, 0) is 13.8 Å². The minimum atomic E-state index is -2.74. The normalized spacial score (nSPS) is 9.24. The molecule has 8 N–H and O–H groups in total. The van der Waals surface area contributed by atoms with Gasteiger partial charge in [-0.1, -0.05) is 0 Å². The first kappa shape index (κ1) is 26.8. The van der Waals surface area contributed by atoms with Crippen molar-refractivity contribution in [2.45, 2.75) is 32.3 Å². The predicted octanol–water partition coefficient (Wildman–Crippen LogP) is -1.05. The summed E-state index contributed by atoms with van der Waals surface area (Å²) in [6, 6.07) is 0. The van der Waals surface area contributed by atoms with E-state index < -0.39 is 48.5 Å². The van der Waals surface area contributed by atoms with Crippen LogP contribution in [0.5, 0.6) is 0 Å². The van der Waals surface area contributed by atoms with Crippen LogP contribution in [0.1, 0.15) is 26.7 Å². The summed E-state index contributed by atoms with van der Waals surface area (Å²) in [5.74, 6) is -5.02. The number of aliphatic carboxylic acids is 3. The fourth-order valence-electron chi connectivity index (χ4n) is 0.999. The van der Waals surface area contributed by atoms with Crippen molar-refractivity contribution < 1.29 is 53.9 Å². The first-order valence-electron chi connectivity index (χ1n) is 6.56. The minimum Gasteiger partial charge on any atom is -0.481 e. The van der Waals surface area contributed by atoms with Gasteiger partial charge in [0.2, 0.25) is 0 Å². The van der Waals surface area contributed by atoms with Crippen molar-refractivity contribution in [3.8, 4) is 0 Å². The molecule has 0 saturated carbocycles. The average Bonchev–Trinajstić information content (AvgIpc) is 2.37. The molecule has 2 amide bonds. The number of hydrogen-bond acceptors (Lipinski definition) is 8. The van der Waals surface area contributed by atoms with Gasteiger partial charge in [-0.2, -0.15) is 0 Å². The molecule has 0 heterocycles. The van der Waals surface area contributed by atoms with Crippen LogP contribution in [0.25, 0.3) is 0 Å². The van der Waals surface area contributed by atoms with Gasteiger partial charge in [0.1, 0.15) is 0 Å². The molecule has 146 valence electrons. The summed E-state index contributed by atoms with van der Waals surface area (Å²) < 4.78 is 8.36. The monoisotopic (exact) mass is 370 g/mol. The highest BCUT2D eigenvalue weighted by atomic mass is 16.5. The lowest BCUT2D eigenvalue weighted by molar-refractivity contribution is -0.170. The van der Waals surface area contributed by atoms with Gasteiger partial charge >= 0.3 is 30.1 Å². The van der Waals surface area contributed by atoms with E-state index >= 15 is 0 Å². The van der Waals surface area contributed by atoms with E-state index in [1.54, 1.807) is 13.8 Å². The Hall–Kier alpha value is -3.09. The maximum absolute atomic E-state index is 10.3. The fourth-order valence-corrected chi connectivity index (χ4v) is 0.999. The van der Waals surface area contributed by atoms with E-state index in [2.05, 4.69) is 20.9 Å². The zero-order valence-corrected chi connectivity index (χ0v) is 13.6. The molecule has 0 spiro atoms. The number of carboxylic acid groups (broad SMARTS) is 3. The van der Waals surface area contributed by atoms with Crippen molar-refractivity contribution in [1.29, 1.82) is 0 Å². The summed E-state index contributed by atoms with van der Waals surface area (Å²) in [4.78, 5) is 49.7. The highest BCUT2D eigenvalue weighted by Gasteiger charge is 2.40. The third-order valence-corrected chi connectivity index (χ3v) is 1.86. The quantitative estimate of drug-likeness (QED) is 0.316. The molecule has 0 bridgehead atoms. The Labute approximate surface area is 142 Å². The number of ether oxygens (including phenoxy) is 2. The highest BCUT2D eigenvalue weighted by Crippen LogP contribution is 2.15. The second-order valence-electron chi connectivity index (χ2n) is 3.98. The Morgan fingerprint density at radius 3 is 1.16 bits per heavy atom. The Balaban J connectivity index is -0.000000336. The summed E-state index contributed by atoms with van der Waals surface area (Å²) in [7, 11) is 0. The third-order valence-electron chi connectivity index (χ3n) is 1.86. The number of primary amides is 2. The SMILES string of the molecule is CCOC(N)=O.CCOC(N)=O.O=C(O)CC(O)(CC(=O)O)C(=O)O. The van der Waals surface area contributed by atoms with E-state index in [9.17, 15) is 24.0 Å². The molecule has 0 fully saturated rings. The van der Waals surface area contributed by atoms with Crippen LogP contribution in [0.2, 0.25) is 0 Å². The topological polar surface area (TPSA) is 237 Å². The van der Waals surface area contributed by atoms with Crippen LogP contribution in [-0.4, -0.2) is 69.3 Å². The molecule has 0 saturated heterocycles. The number of rotatable bonds is 7. The molecular weight excluding hydrogens is 348 g/mol. The Morgan fingerprint density at radius 2 is 1.08 bits per heavy atom. The van der Waals surface area contributed by atoms with Gasteiger partial charge in [0.05, 0.1) is 26.1 Å². The van der Waals surface area contributed by atoms with Gasteiger partial charge in [-0.3, -0.25) is 9.59 Å². The third kappa shape index (κ3) is 20.9. The second-order valence-corrected chi connectivity index (χ2v) is 3.98. The number of hydrogen-bond donors (Lipinski definition) is 6. The number of carbonyl (C=O) groups is 5. The molecule has 0 rings (SSSR count). The summed E-state index contributed by atoms with van der Waals surface area (Å²) in [6.45, 7) is 4.11. The Kier molecular flexibility index (Phi) is 15.5. The van der Waals surface area contributed by atoms with Gasteiger partial charge in [0.25, 0.3) is 0 Å². The molecule has 0 aliphatic carbocycles. The van der Waals surface area contributed by atoms with Crippen LogP contribution in [0.15, 0.2) is 0 Å². The summed E-state index contributed by atoms with van der Waals surface area (Å²) in [5, 5.41) is 33.8. The molecule has 0 atom stereocenters. The van der Waals surface area contributed by atoms with Crippen molar-refractivity contribution in [3.05, 3.63) is 0 Å². The van der Waals surface area contributed by atoms with Gasteiger partial charge in [0.15, 0.2) is 5.60 Å². The van der Waals surface area contributed by atoms with Crippen molar-refractivity contribution >= 4 is 30.1 Å². The standard InChI is InChI=1S/C6H8O7.2C3H7NO2/c7-3(8)1-6(13,5(11)12)2-4(9)10;2*1-2-6-3(4)5/h13H,1-2H2,(H,7,8)(H,9,10)(H,11,12);2*2H2,1H3,(H2,4,5). The van der Waals surface area contributed by atoms with Crippen LogP contribution in [0.3, 0.4) is 0 Å². The summed E-state index contributed by atoms with van der Waals surface area (Å²) >= 11 is 0. The lowest BCUT2D eigenvalue weighted by Crippen LogP contribution is -2.42. The summed E-state index contributed by atoms with van der Waals surface area (Å²) in [6.07, 6.45) is -3.71. The molecule has 13 heteroatoms. The lowest BCUT2D eigenvalue weighted by atomic mass is 9.96. The molecule has 0 aromatic heterocycles. The lowest BCUT2D eigenvalue weighted by Gasteiger charge is -2.18. The van der Waals surface area contributed by atoms with Crippen molar-refractivity contribution in [3.63, 3.8) is 0 Å². The molecule has 0 aliphatic rings. The molecular formula is C12H22N2O11. The zero-order valence-electron chi connectivity index (χ0n) is 13.6. The van der Waals surface area contributed by atoms with Gasteiger partial charge in [-0.15, -0.1) is 0 Å². The molecule has 0 radical (unpaired) electrons. The van der Waals surface area contributed by atoms with Crippen LogP contribution >= 0.6 is 0 Å². The first-order valence-corrected chi connectivity index (χ1v) is 6.56. The number of aliphatic hydroxyl groups is 1. The zero-order chi connectivity index (χ0) is 20.6. The van der Waals surface area contributed by atoms with E-state index in [4.69, 9.17) is 20.4 Å². The average molecular weight is 370 g/mol. The van der Waals surface area contributed by atoms with Crippen LogP contribution in [0.4, 0.5) is 9.59 Å². The van der Waals surface area contributed by atoms with Crippen molar-refractivity contribution in [2.75, 3.05) is 13.2 Å². The number of nitrogens with two attached hydrogens (primary N) is 2. The highest BCUT2D eigenvalue weighted by molar-refractivity contribution is 5.88. The fraction of sp³-hybridized carbons (Fsp3) is 0.583. The Bertz CT molecular complexity index is 432. The van der Waals surface area contributed by atoms with Gasteiger partial charge in [-0.25, -0.2) is 14.4 Å². The van der Waals surface area contributed by atoms with E-state index in [1.165, 1.54) is 0 Å². The molecule has 0 aliphatic heterocycles. The van der Waals surface area contributed by atoms with E-state index in [0.717, 1.165) is 0 Å². The van der Waals surface area contributed by atoms with Crippen LogP contribution in [0, 0.1) is 0 Å². The molecule has 0 unspecified atom stereocenters. The molecule has 0 aromatic rings. The van der Waals surface area contributed by atoms with Crippen LogP contribution in [-0.2, 0) is 23.9 Å².